The maximum atomic E-state index is 10.8. The van der Waals surface area contributed by atoms with Crippen molar-refractivity contribution in [2.75, 3.05) is 6.61 Å². The lowest BCUT2D eigenvalue weighted by molar-refractivity contribution is -0.158. The normalized spacial score (nSPS) is 34.2. The summed E-state index contributed by atoms with van der Waals surface area (Å²) in [6.45, 7) is 2.87. The molecule has 170 valence electrons. The summed E-state index contributed by atoms with van der Waals surface area (Å²) in [6, 6.07) is 0. The molecule has 3 aliphatic carbocycles. The van der Waals surface area contributed by atoms with Crippen molar-refractivity contribution < 1.29 is 24.9 Å². The van der Waals surface area contributed by atoms with E-state index < -0.39 is 18.2 Å². The monoisotopic (exact) mass is 420 g/mol. The number of hydrogen-bond donors (Lipinski definition) is 3. The molecule has 3 rings (SSSR count). The first kappa shape index (κ1) is 23.5. The molecule has 3 fully saturated rings. The number of carboxylic acid groups (broad SMARTS) is 1. The van der Waals surface area contributed by atoms with Gasteiger partial charge in [0.2, 0.25) is 0 Å². The average molecular weight is 421 g/mol. The molecule has 0 amide bonds. The smallest absolute Gasteiger partial charge is 0.303 e. The lowest BCUT2D eigenvalue weighted by Crippen LogP contribution is -2.60. The van der Waals surface area contributed by atoms with Crippen molar-refractivity contribution in [1.82, 2.24) is 0 Å². The Hall–Kier alpha value is -1.17. The van der Waals surface area contributed by atoms with Crippen molar-refractivity contribution in [3.05, 3.63) is 23.8 Å². The summed E-state index contributed by atoms with van der Waals surface area (Å²) >= 11 is 0. The number of aliphatic carboxylic acids is 1. The maximum Gasteiger partial charge on any atom is 0.303 e. The highest BCUT2D eigenvalue weighted by molar-refractivity contribution is 5.66. The van der Waals surface area contributed by atoms with Crippen molar-refractivity contribution >= 4 is 5.97 Å². The highest BCUT2D eigenvalue weighted by Crippen LogP contribution is 2.57. The van der Waals surface area contributed by atoms with Crippen LogP contribution in [-0.4, -0.2) is 45.7 Å². The Kier molecular flexibility index (Phi) is 8.55. The molecule has 0 aromatic carbocycles. The molecule has 0 aromatic heterocycles. The summed E-state index contributed by atoms with van der Waals surface area (Å²) in [4.78, 5) is 10.8. The number of unbranched alkanes of at least 4 members (excludes halogenated alkanes) is 2. The van der Waals surface area contributed by atoms with Gasteiger partial charge in [0.15, 0.2) is 0 Å². The fraction of sp³-hybridized carbons (Fsp3) is 0.800. The van der Waals surface area contributed by atoms with E-state index >= 15 is 0 Å². The predicted molar refractivity (Wildman–Crippen MR) is 117 cm³/mol. The van der Waals surface area contributed by atoms with Crippen LogP contribution >= 0.6 is 0 Å². The third-order valence-electron chi connectivity index (χ3n) is 7.56. The van der Waals surface area contributed by atoms with Gasteiger partial charge in [-0.2, -0.15) is 0 Å². The fourth-order valence-corrected chi connectivity index (χ4v) is 5.71. The number of hydrogen-bond acceptors (Lipinski definition) is 4. The number of allylic oxidation sites excluding steroid dienone is 1. The molecule has 0 spiro atoms. The number of rotatable bonds is 11. The molecule has 0 bridgehead atoms. The van der Waals surface area contributed by atoms with Crippen molar-refractivity contribution in [3.63, 3.8) is 0 Å². The Labute approximate surface area is 181 Å². The van der Waals surface area contributed by atoms with Gasteiger partial charge in [-0.25, -0.2) is 0 Å². The van der Waals surface area contributed by atoms with E-state index in [4.69, 9.17) is 9.84 Å². The van der Waals surface area contributed by atoms with Gasteiger partial charge in [0.05, 0.1) is 17.8 Å². The molecule has 3 aliphatic rings. The maximum absolute atomic E-state index is 10.8. The first-order valence-electron chi connectivity index (χ1n) is 12.1. The summed E-state index contributed by atoms with van der Waals surface area (Å²) < 4.78 is 6.49. The zero-order valence-corrected chi connectivity index (χ0v) is 18.5. The Morgan fingerprint density at radius 2 is 2.03 bits per heavy atom. The molecule has 5 heteroatoms. The number of fused-ring (bicyclic) bond motifs is 1. The average Bonchev–Trinajstić information content (AvgIpc) is 3.25. The van der Waals surface area contributed by atoms with E-state index in [0.717, 1.165) is 51.6 Å². The standard InChI is InChI=1S/C25H40O5/c1-2-3-16-30-25-15-14-23(27)20(12-13-22(26)18-8-4-5-9-18)21(25)17-19(25)10-6-7-11-24(28)29/h10,12-13,18,20-23,26-27H,2-9,11,14-17H2,1H3,(H,28,29)/t20-,21-,22?,23-,25+/m0/s1. The Morgan fingerprint density at radius 1 is 1.27 bits per heavy atom. The minimum absolute atomic E-state index is 0.00704. The van der Waals surface area contributed by atoms with E-state index in [0.29, 0.717) is 18.8 Å². The lowest BCUT2D eigenvalue weighted by atomic mass is 9.53. The molecule has 0 heterocycles. The largest absolute Gasteiger partial charge is 0.481 e. The van der Waals surface area contributed by atoms with Crippen molar-refractivity contribution in [3.8, 4) is 0 Å². The van der Waals surface area contributed by atoms with Crippen molar-refractivity contribution in [2.45, 2.75) is 102 Å². The number of aliphatic hydroxyl groups is 2. The molecule has 30 heavy (non-hydrogen) atoms. The van der Waals surface area contributed by atoms with Gasteiger partial charge in [-0.3, -0.25) is 4.79 Å². The van der Waals surface area contributed by atoms with Crippen LogP contribution in [0.25, 0.3) is 0 Å². The van der Waals surface area contributed by atoms with Crippen LogP contribution in [0.3, 0.4) is 0 Å². The molecule has 0 radical (unpaired) electrons. The van der Waals surface area contributed by atoms with Crippen LogP contribution in [0.15, 0.2) is 23.8 Å². The number of aliphatic hydroxyl groups excluding tert-OH is 2. The molecule has 3 saturated carbocycles. The second-order valence-electron chi connectivity index (χ2n) is 9.52. The Balaban J connectivity index is 1.69. The van der Waals surface area contributed by atoms with Crippen LogP contribution in [0.4, 0.5) is 0 Å². The van der Waals surface area contributed by atoms with E-state index in [2.05, 4.69) is 19.1 Å². The number of carboxylic acids is 1. The van der Waals surface area contributed by atoms with Crippen molar-refractivity contribution in [2.24, 2.45) is 17.8 Å². The van der Waals surface area contributed by atoms with Gasteiger partial charge in [0.25, 0.3) is 0 Å². The number of carbonyl (C=O) groups is 1. The minimum Gasteiger partial charge on any atom is -0.481 e. The van der Waals surface area contributed by atoms with E-state index in [1.807, 2.05) is 6.08 Å². The van der Waals surface area contributed by atoms with E-state index in [9.17, 15) is 15.0 Å². The molecule has 3 N–H and O–H groups in total. The minimum atomic E-state index is -0.749. The molecule has 0 aromatic rings. The van der Waals surface area contributed by atoms with Gasteiger partial charge in [0, 0.05) is 24.9 Å². The Bertz CT molecular complexity index is 621. The van der Waals surface area contributed by atoms with Gasteiger partial charge in [0.1, 0.15) is 0 Å². The van der Waals surface area contributed by atoms with Gasteiger partial charge >= 0.3 is 5.97 Å². The molecule has 1 unspecified atom stereocenters. The van der Waals surface area contributed by atoms with E-state index in [1.54, 1.807) is 0 Å². The van der Waals surface area contributed by atoms with Gasteiger partial charge in [-0.1, -0.05) is 44.4 Å². The molecular formula is C25H40O5. The first-order valence-corrected chi connectivity index (χ1v) is 12.1. The Morgan fingerprint density at radius 3 is 2.73 bits per heavy atom. The SMILES string of the molecule is CCCCO[C@@]12CC[C@H](O)[C@@H](C=CC(O)C3CCCC3)[C@@H]1CC2=CCCCC(=O)O. The van der Waals surface area contributed by atoms with Crippen LogP contribution in [-0.2, 0) is 9.53 Å². The number of ether oxygens (including phenoxy) is 1. The van der Waals surface area contributed by atoms with Gasteiger partial charge in [-0.05, 0) is 62.9 Å². The summed E-state index contributed by atoms with van der Waals surface area (Å²) in [6.07, 6.45) is 16.1. The first-order chi connectivity index (χ1) is 14.5. The molecular weight excluding hydrogens is 380 g/mol. The third-order valence-corrected chi connectivity index (χ3v) is 7.56. The summed E-state index contributed by atoms with van der Waals surface area (Å²) in [5.74, 6) is -0.150. The molecule has 0 saturated heterocycles. The van der Waals surface area contributed by atoms with E-state index in [1.165, 1.54) is 18.4 Å². The highest BCUT2D eigenvalue weighted by atomic mass is 16.5. The molecule has 5 atom stereocenters. The van der Waals surface area contributed by atoms with Crippen LogP contribution in [0.5, 0.6) is 0 Å². The van der Waals surface area contributed by atoms with Crippen LogP contribution in [0.1, 0.15) is 84.0 Å². The quantitative estimate of drug-likeness (QED) is 0.335. The topological polar surface area (TPSA) is 87.0 Å². The second kappa shape index (κ2) is 10.9. The van der Waals surface area contributed by atoms with E-state index in [-0.39, 0.29) is 23.9 Å². The van der Waals surface area contributed by atoms with Crippen molar-refractivity contribution in [1.29, 1.82) is 0 Å². The van der Waals surface area contributed by atoms with Gasteiger partial charge in [-0.15, -0.1) is 0 Å². The molecule has 5 nitrogen and oxygen atoms in total. The zero-order chi connectivity index (χ0) is 21.6. The summed E-state index contributed by atoms with van der Waals surface area (Å²) in [5.41, 5.74) is 0.973. The fourth-order valence-electron chi connectivity index (χ4n) is 5.71. The highest BCUT2D eigenvalue weighted by Gasteiger charge is 2.58. The lowest BCUT2D eigenvalue weighted by Gasteiger charge is -2.58. The summed E-state index contributed by atoms with van der Waals surface area (Å²) in [5, 5.41) is 30.2. The summed E-state index contributed by atoms with van der Waals surface area (Å²) in [7, 11) is 0. The van der Waals surface area contributed by atoms with Crippen LogP contribution in [0, 0.1) is 17.8 Å². The van der Waals surface area contributed by atoms with Crippen LogP contribution < -0.4 is 0 Å². The second-order valence-corrected chi connectivity index (χ2v) is 9.52. The zero-order valence-electron chi connectivity index (χ0n) is 18.5. The van der Waals surface area contributed by atoms with Crippen LogP contribution in [0.2, 0.25) is 0 Å². The molecule has 0 aliphatic heterocycles. The third kappa shape index (κ3) is 5.35. The van der Waals surface area contributed by atoms with Gasteiger partial charge < -0.3 is 20.1 Å². The predicted octanol–water partition coefficient (Wildman–Crippen LogP) is 4.62.